The number of amides is 1. The second-order valence-corrected chi connectivity index (χ2v) is 6.83. The predicted molar refractivity (Wildman–Crippen MR) is 78.2 cm³/mol. The first kappa shape index (κ1) is 13.1. The molecule has 1 aliphatic carbocycles. The number of fused-ring (bicyclic) bond motifs is 1. The van der Waals surface area contributed by atoms with Crippen LogP contribution in [0, 0.1) is 5.92 Å². The van der Waals surface area contributed by atoms with Gasteiger partial charge in [0.05, 0.1) is 12.1 Å². The average molecular weight is 278 g/mol. The highest BCUT2D eigenvalue weighted by Crippen LogP contribution is 2.33. The lowest BCUT2D eigenvalue weighted by Crippen LogP contribution is -2.43. The van der Waals surface area contributed by atoms with Gasteiger partial charge in [-0.3, -0.25) is 4.79 Å². The van der Waals surface area contributed by atoms with E-state index in [9.17, 15) is 4.79 Å². The van der Waals surface area contributed by atoms with E-state index in [1.807, 2.05) is 6.07 Å². The van der Waals surface area contributed by atoms with Gasteiger partial charge in [-0.25, -0.2) is 0 Å². The Hall–Kier alpha value is -0.870. The smallest absolute Gasteiger partial charge is 0.237 e. The van der Waals surface area contributed by atoms with Gasteiger partial charge in [0.2, 0.25) is 5.91 Å². The Morgan fingerprint density at radius 1 is 1.47 bits per heavy atom. The Kier molecular flexibility index (Phi) is 3.89. The summed E-state index contributed by atoms with van der Waals surface area (Å²) in [6, 6.07) is 4.84. The molecule has 0 aromatic carbocycles. The number of nitrogens with one attached hydrogen (secondary N) is 2. The molecule has 0 spiro atoms. The second-order valence-electron chi connectivity index (χ2n) is 5.85. The van der Waals surface area contributed by atoms with Crippen LogP contribution in [0.25, 0.3) is 0 Å². The van der Waals surface area contributed by atoms with E-state index in [0.717, 1.165) is 12.3 Å². The summed E-state index contributed by atoms with van der Waals surface area (Å²) in [7, 11) is 0. The summed E-state index contributed by atoms with van der Waals surface area (Å²) >= 11 is 1.70. The minimum absolute atomic E-state index is 0.0236. The minimum atomic E-state index is 0.0236. The van der Waals surface area contributed by atoms with Crippen molar-refractivity contribution in [2.45, 2.75) is 57.2 Å². The van der Waals surface area contributed by atoms with Gasteiger partial charge in [0, 0.05) is 10.9 Å². The molecule has 2 heterocycles. The van der Waals surface area contributed by atoms with Gasteiger partial charge in [-0.2, -0.15) is 0 Å². The normalized spacial score (nSPS) is 31.7. The van der Waals surface area contributed by atoms with Crippen LogP contribution in [0.15, 0.2) is 17.5 Å². The molecule has 2 fully saturated rings. The molecule has 2 aliphatic rings. The molecule has 1 aromatic rings. The van der Waals surface area contributed by atoms with Crippen LogP contribution in [0.4, 0.5) is 0 Å². The zero-order chi connectivity index (χ0) is 13.2. The first-order valence-corrected chi connectivity index (χ1v) is 8.22. The molecular weight excluding hydrogens is 256 g/mol. The molecule has 19 heavy (non-hydrogen) atoms. The number of hydrogen-bond donors (Lipinski definition) is 2. The monoisotopic (exact) mass is 278 g/mol. The standard InChI is InChI=1S/C15H22N2OS/c1-10(14-7-4-8-19-14)16-15(18)13-9-11-5-2-3-6-12(11)17-13/h4,7-8,10-13,17H,2-3,5-6,9H2,1H3,(H,16,18). The number of carbonyl (C=O) groups is 1. The summed E-state index contributed by atoms with van der Waals surface area (Å²) < 4.78 is 0. The Balaban J connectivity index is 1.56. The third-order valence-corrected chi connectivity index (χ3v) is 5.56. The Labute approximate surface area is 118 Å². The lowest BCUT2D eigenvalue weighted by molar-refractivity contribution is -0.123. The van der Waals surface area contributed by atoms with Crippen LogP contribution in [0.3, 0.4) is 0 Å². The first-order chi connectivity index (χ1) is 9.24. The van der Waals surface area contributed by atoms with E-state index in [0.29, 0.717) is 6.04 Å². The molecule has 3 rings (SSSR count). The molecule has 1 aromatic heterocycles. The SMILES string of the molecule is CC(NC(=O)C1CC2CCCCC2N1)c1cccs1. The van der Waals surface area contributed by atoms with Crippen molar-refractivity contribution in [2.75, 3.05) is 0 Å². The van der Waals surface area contributed by atoms with E-state index < -0.39 is 0 Å². The molecule has 3 nitrogen and oxygen atoms in total. The van der Waals surface area contributed by atoms with Crippen LogP contribution < -0.4 is 10.6 Å². The molecule has 1 saturated heterocycles. The summed E-state index contributed by atoms with van der Waals surface area (Å²) in [6.07, 6.45) is 6.21. The van der Waals surface area contributed by atoms with Crippen molar-refractivity contribution in [3.8, 4) is 0 Å². The summed E-state index contributed by atoms with van der Waals surface area (Å²) in [4.78, 5) is 13.6. The van der Waals surface area contributed by atoms with Crippen molar-refractivity contribution < 1.29 is 4.79 Å². The van der Waals surface area contributed by atoms with E-state index >= 15 is 0 Å². The quantitative estimate of drug-likeness (QED) is 0.892. The third kappa shape index (κ3) is 2.84. The molecule has 4 heteroatoms. The van der Waals surface area contributed by atoms with E-state index in [2.05, 4.69) is 29.0 Å². The summed E-state index contributed by atoms with van der Waals surface area (Å²) in [5, 5.41) is 8.73. The lowest BCUT2D eigenvalue weighted by Gasteiger charge is -2.24. The zero-order valence-electron chi connectivity index (χ0n) is 11.4. The molecule has 2 N–H and O–H groups in total. The maximum Gasteiger partial charge on any atom is 0.237 e. The van der Waals surface area contributed by atoms with E-state index in [1.165, 1.54) is 30.6 Å². The third-order valence-electron chi connectivity index (χ3n) is 4.51. The van der Waals surface area contributed by atoms with Crippen molar-refractivity contribution >= 4 is 17.2 Å². The molecule has 1 aliphatic heterocycles. The maximum absolute atomic E-state index is 12.3. The van der Waals surface area contributed by atoms with E-state index in [4.69, 9.17) is 0 Å². The van der Waals surface area contributed by atoms with E-state index in [1.54, 1.807) is 11.3 Å². The molecule has 0 bridgehead atoms. The number of hydrogen-bond acceptors (Lipinski definition) is 3. The van der Waals surface area contributed by atoms with Gasteiger partial charge in [-0.15, -0.1) is 11.3 Å². The van der Waals surface area contributed by atoms with E-state index in [-0.39, 0.29) is 18.0 Å². The van der Waals surface area contributed by atoms with Crippen molar-refractivity contribution in [1.82, 2.24) is 10.6 Å². The Morgan fingerprint density at radius 2 is 2.32 bits per heavy atom. The largest absolute Gasteiger partial charge is 0.347 e. The molecule has 4 atom stereocenters. The second kappa shape index (κ2) is 5.63. The van der Waals surface area contributed by atoms with Gasteiger partial charge in [-0.1, -0.05) is 18.9 Å². The van der Waals surface area contributed by atoms with Gasteiger partial charge in [-0.05, 0) is 43.6 Å². The molecule has 0 radical (unpaired) electrons. The molecule has 1 amide bonds. The Morgan fingerprint density at radius 3 is 3.05 bits per heavy atom. The summed E-state index contributed by atoms with van der Waals surface area (Å²) in [6.45, 7) is 2.06. The lowest BCUT2D eigenvalue weighted by atomic mass is 9.85. The summed E-state index contributed by atoms with van der Waals surface area (Å²) in [5.41, 5.74) is 0. The van der Waals surface area contributed by atoms with Gasteiger partial charge in [0.25, 0.3) is 0 Å². The van der Waals surface area contributed by atoms with Crippen molar-refractivity contribution in [2.24, 2.45) is 5.92 Å². The molecule has 1 saturated carbocycles. The van der Waals surface area contributed by atoms with Gasteiger partial charge < -0.3 is 10.6 Å². The van der Waals surface area contributed by atoms with Gasteiger partial charge in [0.1, 0.15) is 0 Å². The zero-order valence-corrected chi connectivity index (χ0v) is 12.2. The fraction of sp³-hybridized carbons (Fsp3) is 0.667. The predicted octanol–water partition coefficient (Wildman–Crippen LogP) is 2.85. The maximum atomic E-state index is 12.3. The van der Waals surface area contributed by atoms with Crippen molar-refractivity contribution in [1.29, 1.82) is 0 Å². The average Bonchev–Trinajstić information content (AvgIpc) is 3.07. The van der Waals surface area contributed by atoms with Gasteiger partial charge >= 0.3 is 0 Å². The molecule has 104 valence electrons. The van der Waals surface area contributed by atoms with Crippen LogP contribution in [-0.4, -0.2) is 18.0 Å². The fourth-order valence-electron chi connectivity index (χ4n) is 3.44. The van der Waals surface area contributed by atoms with Crippen LogP contribution in [0.2, 0.25) is 0 Å². The highest BCUT2D eigenvalue weighted by molar-refractivity contribution is 7.10. The Bertz CT molecular complexity index is 417. The highest BCUT2D eigenvalue weighted by atomic mass is 32.1. The van der Waals surface area contributed by atoms with Crippen LogP contribution in [-0.2, 0) is 4.79 Å². The first-order valence-electron chi connectivity index (χ1n) is 7.34. The topological polar surface area (TPSA) is 41.1 Å². The molecule has 4 unspecified atom stereocenters. The number of rotatable bonds is 3. The van der Waals surface area contributed by atoms with Crippen LogP contribution in [0.5, 0.6) is 0 Å². The van der Waals surface area contributed by atoms with Crippen LogP contribution in [0.1, 0.15) is 49.9 Å². The van der Waals surface area contributed by atoms with Crippen molar-refractivity contribution in [3.63, 3.8) is 0 Å². The minimum Gasteiger partial charge on any atom is -0.347 e. The van der Waals surface area contributed by atoms with Gasteiger partial charge in [0.15, 0.2) is 0 Å². The number of thiophene rings is 1. The summed E-state index contributed by atoms with van der Waals surface area (Å²) in [5.74, 6) is 0.900. The van der Waals surface area contributed by atoms with Crippen LogP contribution >= 0.6 is 11.3 Å². The highest BCUT2D eigenvalue weighted by Gasteiger charge is 2.38. The van der Waals surface area contributed by atoms with Crippen molar-refractivity contribution in [3.05, 3.63) is 22.4 Å². The molecular formula is C15H22N2OS. The number of carbonyl (C=O) groups excluding carboxylic acids is 1. The fourth-order valence-corrected chi connectivity index (χ4v) is 4.18.